The topological polar surface area (TPSA) is 77.1 Å². The van der Waals surface area contributed by atoms with Crippen LogP contribution in [0.15, 0.2) is 58.0 Å². The molecule has 3 aromatic rings. The predicted octanol–water partition coefficient (Wildman–Crippen LogP) is 2.62. The summed E-state index contributed by atoms with van der Waals surface area (Å²) in [7, 11) is 1.59. The molecule has 2 aromatic heterocycles. The van der Waals surface area contributed by atoms with Crippen LogP contribution >= 0.6 is 11.6 Å². The zero-order valence-electron chi connectivity index (χ0n) is 12.8. The molecule has 2 heterocycles. The molecule has 1 N–H and O–H groups in total. The van der Waals surface area contributed by atoms with Gasteiger partial charge in [-0.25, -0.2) is 0 Å². The largest absolute Gasteiger partial charge is 0.359 e. The van der Waals surface area contributed by atoms with Crippen molar-refractivity contribution in [2.75, 3.05) is 0 Å². The lowest BCUT2D eigenvalue weighted by molar-refractivity contribution is 0.0946. The number of halogens is 1. The molecule has 0 aliphatic rings. The predicted molar refractivity (Wildman–Crippen MR) is 89.8 cm³/mol. The average Bonchev–Trinajstić information content (AvgIpc) is 3.04. The van der Waals surface area contributed by atoms with Crippen LogP contribution in [0.2, 0.25) is 5.02 Å². The highest BCUT2D eigenvalue weighted by atomic mass is 35.5. The molecule has 0 aliphatic heterocycles. The summed E-state index contributed by atoms with van der Waals surface area (Å²) < 4.78 is 6.57. The van der Waals surface area contributed by atoms with Crippen LogP contribution in [0.4, 0.5) is 0 Å². The summed E-state index contributed by atoms with van der Waals surface area (Å²) in [4.78, 5) is 23.4. The number of pyridine rings is 1. The molecule has 122 valence electrons. The van der Waals surface area contributed by atoms with Gasteiger partial charge in [0.15, 0.2) is 5.76 Å². The third-order valence-electron chi connectivity index (χ3n) is 3.48. The summed E-state index contributed by atoms with van der Waals surface area (Å²) in [6, 6.07) is 11.9. The highest BCUT2D eigenvalue weighted by molar-refractivity contribution is 6.33. The number of amides is 1. The van der Waals surface area contributed by atoms with E-state index in [4.69, 9.17) is 16.1 Å². The minimum absolute atomic E-state index is 0.175. The van der Waals surface area contributed by atoms with Crippen molar-refractivity contribution in [3.05, 3.63) is 75.4 Å². The Morgan fingerprint density at radius 3 is 2.83 bits per heavy atom. The van der Waals surface area contributed by atoms with Gasteiger partial charge in [0.1, 0.15) is 5.69 Å². The number of nitrogens with zero attached hydrogens (tertiary/aromatic N) is 2. The van der Waals surface area contributed by atoms with E-state index < -0.39 is 0 Å². The Morgan fingerprint density at radius 2 is 2.08 bits per heavy atom. The van der Waals surface area contributed by atoms with Crippen molar-refractivity contribution in [2.45, 2.75) is 6.54 Å². The Labute approximate surface area is 142 Å². The lowest BCUT2D eigenvalue weighted by Gasteiger charge is -2.04. The van der Waals surface area contributed by atoms with Crippen LogP contribution in [0.25, 0.3) is 11.3 Å². The molecule has 24 heavy (non-hydrogen) atoms. The van der Waals surface area contributed by atoms with E-state index in [-0.39, 0.29) is 18.0 Å². The van der Waals surface area contributed by atoms with Gasteiger partial charge in [0.05, 0.1) is 17.1 Å². The van der Waals surface area contributed by atoms with Crippen LogP contribution in [0.5, 0.6) is 0 Å². The molecule has 0 aliphatic carbocycles. The van der Waals surface area contributed by atoms with Gasteiger partial charge in [-0.2, -0.15) is 0 Å². The molecular weight excluding hydrogens is 330 g/mol. The summed E-state index contributed by atoms with van der Waals surface area (Å²) in [5.41, 5.74) is 1.58. The van der Waals surface area contributed by atoms with E-state index in [9.17, 15) is 9.59 Å². The van der Waals surface area contributed by atoms with Crippen LogP contribution in [0.1, 0.15) is 16.1 Å². The first-order valence-corrected chi connectivity index (χ1v) is 7.58. The van der Waals surface area contributed by atoms with Gasteiger partial charge in [-0.1, -0.05) is 35.0 Å². The molecule has 0 saturated heterocycles. The third kappa shape index (κ3) is 3.38. The fraction of sp³-hybridized carbons (Fsp3) is 0.118. The SMILES string of the molecule is Cn1cc(C(=O)NCc2cc(-c3ccccc3Cl)no2)ccc1=O. The first-order valence-electron chi connectivity index (χ1n) is 7.20. The van der Waals surface area contributed by atoms with Gasteiger partial charge in [0, 0.05) is 30.9 Å². The second-order valence-electron chi connectivity index (χ2n) is 5.21. The maximum atomic E-state index is 12.1. The molecule has 7 heteroatoms. The minimum atomic E-state index is -0.304. The molecule has 0 radical (unpaired) electrons. The fourth-order valence-corrected chi connectivity index (χ4v) is 2.42. The van der Waals surface area contributed by atoms with Gasteiger partial charge in [-0.15, -0.1) is 0 Å². The van der Waals surface area contributed by atoms with E-state index in [1.54, 1.807) is 19.2 Å². The standard InChI is InChI=1S/C17H14ClN3O3/c1-21-10-11(6-7-16(21)22)17(23)19-9-12-8-15(20-24-12)13-4-2-3-5-14(13)18/h2-8,10H,9H2,1H3,(H,19,23). The van der Waals surface area contributed by atoms with Gasteiger partial charge < -0.3 is 14.4 Å². The summed E-state index contributed by atoms with van der Waals surface area (Å²) in [6.45, 7) is 0.180. The Balaban J connectivity index is 1.69. The van der Waals surface area contributed by atoms with Crippen LogP contribution in [-0.2, 0) is 13.6 Å². The number of hydrogen-bond donors (Lipinski definition) is 1. The number of benzene rings is 1. The molecule has 0 bridgehead atoms. The summed E-state index contributed by atoms with van der Waals surface area (Å²) in [5.74, 6) is 0.199. The number of carbonyl (C=O) groups excluding carboxylic acids is 1. The van der Waals surface area contributed by atoms with E-state index >= 15 is 0 Å². The quantitative estimate of drug-likeness (QED) is 0.790. The molecule has 3 rings (SSSR count). The van der Waals surface area contributed by atoms with Crippen LogP contribution in [-0.4, -0.2) is 15.6 Å². The maximum Gasteiger partial charge on any atom is 0.253 e. The van der Waals surface area contributed by atoms with Gasteiger partial charge >= 0.3 is 0 Å². The van der Waals surface area contributed by atoms with E-state index in [1.165, 1.54) is 22.9 Å². The zero-order chi connectivity index (χ0) is 17.1. The van der Waals surface area contributed by atoms with Crippen molar-refractivity contribution in [3.63, 3.8) is 0 Å². The van der Waals surface area contributed by atoms with Crippen molar-refractivity contribution in [1.29, 1.82) is 0 Å². The maximum absolute atomic E-state index is 12.1. The number of hydrogen-bond acceptors (Lipinski definition) is 4. The van der Waals surface area contributed by atoms with Crippen LogP contribution in [0, 0.1) is 0 Å². The Hall–Kier alpha value is -2.86. The molecule has 0 unspecified atom stereocenters. The second kappa shape index (κ2) is 6.72. The Kier molecular flexibility index (Phi) is 4.48. The number of aromatic nitrogens is 2. The van der Waals surface area contributed by atoms with Gasteiger partial charge in [-0.05, 0) is 12.1 Å². The number of rotatable bonds is 4. The summed E-state index contributed by atoms with van der Waals surface area (Å²) in [6.07, 6.45) is 1.48. The first kappa shape index (κ1) is 16.0. The zero-order valence-corrected chi connectivity index (χ0v) is 13.6. The van der Waals surface area contributed by atoms with Gasteiger partial charge in [0.2, 0.25) is 5.56 Å². The van der Waals surface area contributed by atoms with Crippen molar-refractivity contribution in [2.24, 2.45) is 7.05 Å². The molecule has 0 fully saturated rings. The molecular formula is C17H14ClN3O3. The molecule has 1 amide bonds. The van der Waals surface area contributed by atoms with Crippen molar-refractivity contribution in [1.82, 2.24) is 15.0 Å². The normalized spacial score (nSPS) is 10.6. The average molecular weight is 344 g/mol. The molecule has 6 nitrogen and oxygen atoms in total. The van der Waals surface area contributed by atoms with Crippen molar-refractivity contribution in [3.8, 4) is 11.3 Å². The van der Waals surface area contributed by atoms with E-state index in [0.717, 1.165) is 5.56 Å². The molecule has 0 saturated carbocycles. The number of aryl methyl sites for hydroxylation is 1. The monoisotopic (exact) mass is 343 g/mol. The third-order valence-corrected chi connectivity index (χ3v) is 3.81. The molecule has 1 aromatic carbocycles. The van der Waals surface area contributed by atoms with Crippen LogP contribution in [0.3, 0.4) is 0 Å². The van der Waals surface area contributed by atoms with Crippen molar-refractivity contribution >= 4 is 17.5 Å². The number of carbonyl (C=O) groups is 1. The van der Waals surface area contributed by atoms with Gasteiger partial charge in [-0.3, -0.25) is 9.59 Å². The van der Waals surface area contributed by atoms with Crippen LogP contribution < -0.4 is 10.9 Å². The van der Waals surface area contributed by atoms with Gasteiger partial charge in [0.25, 0.3) is 5.91 Å². The molecule has 0 spiro atoms. The lowest BCUT2D eigenvalue weighted by Crippen LogP contribution is -2.25. The smallest absolute Gasteiger partial charge is 0.253 e. The summed E-state index contributed by atoms with van der Waals surface area (Å²) >= 11 is 6.12. The first-order chi connectivity index (χ1) is 11.5. The highest BCUT2D eigenvalue weighted by Gasteiger charge is 2.11. The van der Waals surface area contributed by atoms with E-state index in [0.29, 0.717) is 22.0 Å². The Bertz CT molecular complexity index is 946. The highest BCUT2D eigenvalue weighted by Crippen LogP contribution is 2.26. The summed E-state index contributed by atoms with van der Waals surface area (Å²) in [5, 5.41) is 7.26. The minimum Gasteiger partial charge on any atom is -0.359 e. The van der Waals surface area contributed by atoms with Crippen molar-refractivity contribution < 1.29 is 9.32 Å². The molecule has 0 atom stereocenters. The Morgan fingerprint density at radius 1 is 1.29 bits per heavy atom. The second-order valence-corrected chi connectivity index (χ2v) is 5.62. The van der Waals surface area contributed by atoms with E-state index in [1.807, 2.05) is 18.2 Å². The fourth-order valence-electron chi connectivity index (χ4n) is 2.19. The number of nitrogens with one attached hydrogen (secondary N) is 1. The lowest BCUT2D eigenvalue weighted by atomic mass is 10.1. The van der Waals surface area contributed by atoms with E-state index in [2.05, 4.69) is 10.5 Å².